The topological polar surface area (TPSA) is 156 Å². The monoisotopic (exact) mass is 608 g/mol. The number of fused-ring (bicyclic) bond motifs is 1. The normalized spacial score (nSPS) is 23.4. The Balaban J connectivity index is 0.961. The Morgan fingerprint density at radius 3 is 2.76 bits per heavy atom. The average molecular weight is 609 g/mol. The molecule has 3 aliphatic heterocycles. The number of ether oxygens (including phenoxy) is 3. The lowest BCUT2D eigenvalue weighted by atomic mass is 9.88. The summed E-state index contributed by atoms with van der Waals surface area (Å²) in [4.78, 5) is 4.57. The summed E-state index contributed by atoms with van der Waals surface area (Å²) in [7, 11) is -7.00. The van der Waals surface area contributed by atoms with E-state index < -0.39 is 31.6 Å². The predicted molar refractivity (Wildman–Crippen MR) is 149 cm³/mol. The number of nitrogens with zero attached hydrogens (tertiary/aromatic N) is 2. The van der Waals surface area contributed by atoms with Gasteiger partial charge in [-0.1, -0.05) is 6.07 Å². The Morgan fingerprint density at radius 1 is 1.17 bits per heavy atom. The second-order valence-corrected chi connectivity index (χ2v) is 15.4. The third-order valence-electron chi connectivity index (χ3n) is 8.14. The summed E-state index contributed by atoms with van der Waals surface area (Å²) in [6.45, 7) is 2.57. The summed E-state index contributed by atoms with van der Waals surface area (Å²) >= 11 is 0. The van der Waals surface area contributed by atoms with Gasteiger partial charge in [-0.15, -0.1) is 0 Å². The summed E-state index contributed by atoms with van der Waals surface area (Å²) in [6, 6.07) is 8.03. The van der Waals surface area contributed by atoms with Crippen LogP contribution in [0.25, 0.3) is 0 Å². The fraction of sp³-hybridized carbons (Fsp3) is 0.593. The van der Waals surface area contributed by atoms with Crippen molar-refractivity contribution in [3.63, 3.8) is 0 Å². The van der Waals surface area contributed by atoms with Gasteiger partial charge in [0.15, 0.2) is 9.84 Å². The van der Waals surface area contributed by atoms with E-state index in [2.05, 4.69) is 15.6 Å². The van der Waals surface area contributed by atoms with Crippen LogP contribution in [0.15, 0.2) is 46.3 Å². The van der Waals surface area contributed by atoms with E-state index in [-0.39, 0.29) is 34.2 Å². The van der Waals surface area contributed by atoms with Gasteiger partial charge in [0, 0.05) is 32.2 Å². The molecule has 4 heterocycles. The standard InChI is InChI=1S/C27H36N4O8S2/c32-20(18-38-21-2-1-3-23(12-21)40(33,34)22-4-5-22)15-29-19-14-27(39-17-19)6-9-31(10-7-27)41(35,36)24-13-25-26(30-16-24)37-11-8-28-25/h1-3,12-13,16,19-20,22,28-29,32H,4-11,14-15,17-18H2/t19-,20?/m1/s1. The molecule has 41 heavy (non-hydrogen) atoms. The summed E-state index contributed by atoms with van der Waals surface area (Å²) in [5, 5.41) is 16.6. The molecule has 0 amide bonds. The molecule has 3 N–H and O–H groups in total. The maximum atomic E-state index is 13.3. The number of rotatable bonds is 10. The molecule has 1 aromatic carbocycles. The van der Waals surface area contributed by atoms with E-state index in [4.69, 9.17) is 14.2 Å². The fourth-order valence-corrected chi connectivity index (χ4v) is 8.73. The number of benzene rings is 1. The molecule has 1 aromatic heterocycles. The van der Waals surface area contributed by atoms with Crippen molar-refractivity contribution in [1.82, 2.24) is 14.6 Å². The minimum atomic E-state index is -3.69. The Hall–Kier alpha value is -2.49. The van der Waals surface area contributed by atoms with E-state index in [0.29, 0.717) is 75.8 Å². The van der Waals surface area contributed by atoms with E-state index in [1.807, 2.05) is 0 Å². The number of aliphatic hydroxyl groups is 1. The van der Waals surface area contributed by atoms with Gasteiger partial charge < -0.3 is 30.0 Å². The van der Waals surface area contributed by atoms with Crippen LogP contribution < -0.4 is 20.1 Å². The lowest BCUT2D eigenvalue weighted by molar-refractivity contribution is -0.0312. The number of nitrogens with one attached hydrogen (secondary N) is 2. The fourth-order valence-electron chi connectivity index (χ4n) is 5.62. The number of piperidine rings is 1. The van der Waals surface area contributed by atoms with Gasteiger partial charge >= 0.3 is 0 Å². The van der Waals surface area contributed by atoms with Gasteiger partial charge in [-0.3, -0.25) is 0 Å². The van der Waals surface area contributed by atoms with E-state index in [1.165, 1.54) is 16.6 Å². The van der Waals surface area contributed by atoms with Gasteiger partial charge in [0.2, 0.25) is 15.9 Å². The molecular formula is C27H36N4O8S2. The van der Waals surface area contributed by atoms with E-state index in [0.717, 1.165) is 6.42 Å². The smallest absolute Gasteiger partial charge is 0.244 e. The Morgan fingerprint density at radius 2 is 1.98 bits per heavy atom. The van der Waals surface area contributed by atoms with Crippen molar-refractivity contribution >= 4 is 25.5 Å². The lowest BCUT2D eigenvalue weighted by Gasteiger charge is -2.38. The van der Waals surface area contributed by atoms with Gasteiger partial charge in [-0.05, 0) is 56.4 Å². The van der Waals surface area contributed by atoms with Crippen LogP contribution in [0.2, 0.25) is 0 Å². The number of hydrogen-bond acceptors (Lipinski definition) is 11. The van der Waals surface area contributed by atoms with Gasteiger partial charge in [0.05, 0.1) is 34.2 Å². The highest BCUT2D eigenvalue weighted by atomic mass is 32.2. The van der Waals surface area contributed by atoms with E-state index >= 15 is 0 Å². The van der Waals surface area contributed by atoms with Crippen molar-refractivity contribution in [2.24, 2.45) is 0 Å². The van der Waals surface area contributed by atoms with Crippen molar-refractivity contribution in [2.45, 2.75) is 64.9 Å². The van der Waals surface area contributed by atoms with E-state index in [1.54, 1.807) is 24.3 Å². The molecule has 3 fully saturated rings. The van der Waals surface area contributed by atoms with Crippen molar-refractivity contribution in [3.05, 3.63) is 36.5 Å². The number of sulfonamides is 1. The number of aromatic nitrogens is 1. The SMILES string of the molecule is O=S(=O)(c1cccc(OCC(O)CN[C@H]2COC3(CCN(S(=O)(=O)c4cnc5c(c4)NCCO5)CC3)C2)c1)C1CC1. The molecule has 6 rings (SSSR count). The summed E-state index contributed by atoms with van der Waals surface area (Å²) in [6.07, 6.45) is 3.82. The zero-order chi connectivity index (χ0) is 28.7. The summed E-state index contributed by atoms with van der Waals surface area (Å²) in [5.74, 6) is 0.822. The lowest BCUT2D eigenvalue weighted by Crippen LogP contribution is -2.47. The van der Waals surface area contributed by atoms with Crippen molar-refractivity contribution in [2.75, 3.05) is 51.3 Å². The van der Waals surface area contributed by atoms with Crippen molar-refractivity contribution in [1.29, 1.82) is 0 Å². The van der Waals surface area contributed by atoms with Crippen LogP contribution in [0.5, 0.6) is 11.6 Å². The first kappa shape index (κ1) is 28.6. The highest BCUT2D eigenvalue weighted by Gasteiger charge is 2.45. The predicted octanol–water partition coefficient (Wildman–Crippen LogP) is 1.16. The number of hydrogen-bond donors (Lipinski definition) is 3. The molecule has 1 spiro atoms. The highest BCUT2D eigenvalue weighted by Crippen LogP contribution is 2.38. The van der Waals surface area contributed by atoms with Crippen LogP contribution in [0.1, 0.15) is 32.1 Å². The van der Waals surface area contributed by atoms with Gasteiger partial charge in [-0.2, -0.15) is 4.31 Å². The van der Waals surface area contributed by atoms with Crippen LogP contribution in [-0.4, -0.2) is 100 Å². The molecule has 2 aromatic rings. The minimum Gasteiger partial charge on any atom is -0.491 e. The molecule has 1 saturated carbocycles. The summed E-state index contributed by atoms with van der Waals surface area (Å²) < 4.78 is 70.3. The molecule has 0 bridgehead atoms. The second-order valence-electron chi connectivity index (χ2n) is 11.2. The Kier molecular flexibility index (Phi) is 7.89. The molecule has 1 aliphatic carbocycles. The number of anilines is 1. The largest absolute Gasteiger partial charge is 0.491 e. The Bertz CT molecular complexity index is 1470. The molecule has 2 saturated heterocycles. The zero-order valence-corrected chi connectivity index (χ0v) is 24.3. The molecule has 4 aliphatic rings. The van der Waals surface area contributed by atoms with Crippen LogP contribution >= 0.6 is 0 Å². The average Bonchev–Trinajstić information content (AvgIpc) is 3.78. The van der Waals surface area contributed by atoms with Crippen molar-refractivity contribution in [3.8, 4) is 11.6 Å². The van der Waals surface area contributed by atoms with E-state index in [9.17, 15) is 21.9 Å². The van der Waals surface area contributed by atoms with Crippen LogP contribution in [-0.2, 0) is 24.6 Å². The third-order valence-corrected chi connectivity index (χ3v) is 12.3. The Labute approximate surface area is 240 Å². The molecular weight excluding hydrogens is 572 g/mol. The first-order valence-corrected chi connectivity index (χ1v) is 17.0. The first-order chi connectivity index (χ1) is 19.6. The molecule has 0 radical (unpaired) electrons. The maximum Gasteiger partial charge on any atom is 0.244 e. The van der Waals surface area contributed by atoms with Gasteiger partial charge in [-0.25, -0.2) is 21.8 Å². The maximum absolute atomic E-state index is 13.3. The molecule has 2 atom stereocenters. The van der Waals surface area contributed by atoms with Crippen LogP contribution in [0, 0.1) is 0 Å². The number of aliphatic hydroxyl groups excluding tert-OH is 1. The second kappa shape index (κ2) is 11.3. The molecule has 1 unspecified atom stereocenters. The first-order valence-electron chi connectivity index (χ1n) is 14.0. The zero-order valence-electron chi connectivity index (χ0n) is 22.7. The quantitative estimate of drug-likeness (QED) is 0.356. The van der Waals surface area contributed by atoms with Crippen LogP contribution in [0.4, 0.5) is 5.69 Å². The number of sulfone groups is 1. The van der Waals surface area contributed by atoms with Crippen molar-refractivity contribution < 1.29 is 36.2 Å². The molecule has 12 nitrogen and oxygen atoms in total. The third kappa shape index (κ3) is 6.18. The molecule has 14 heteroatoms. The highest BCUT2D eigenvalue weighted by molar-refractivity contribution is 7.92. The number of pyridine rings is 1. The van der Waals surface area contributed by atoms with Gasteiger partial charge in [0.1, 0.15) is 30.0 Å². The van der Waals surface area contributed by atoms with Gasteiger partial charge in [0.25, 0.3) is 0 Å². The van der Waals surface area contributed by atoms with Crippen LogP contribution in [0.3, 0.4) is 0 Å². The summed E-state index contributed by atoms with van der Waals surface area (Å²) in [5.41, 5.74) is 0.184. The minimum absolute atomic E-state index is 0.0185. The molecule has 224 valence electrons.